The molecule has 0 bridgehead atoms. The van der Waals surface area contributed by atoms with Gasteiger partial charge in [-0.15, -0.1) is 10.2 Å². The van der Waals surface area contributed by atoms with E-state index in [-0.39, 0.29) is 36.7 Å². The van der Waals surface area contributed by atoms with E-state index in [0.717, 1.165) is 22.3 Å². The van der Waals surface area contributed by atoms with E-state index in [4.69, 9.17) is 18.6 Å². The molecular weight excluding hydrogens is 709 g/mol. The first kappa shape index (κ1) is 38.2. The van der Waals surface area contributed by atoms with Crippen molar-refractivity contribution in [2.75, 3.05) is 31.3 Å². The molecule has 2 amide bonds. The number of nitrogens with zero attached hydrogens (tertiary/aromatic N) is 3. The molecule has 280 valence electrons. The fourth-order valence-corrected chi connectivity index (χ4v) is 7.16. The number of hydrogen-bond donors (Lipinski definition) is 3. The van der Waals surface area contributed by atoms with Gasteiger partial charge in [-0.25, -0.2) is 4.79 Å². The van der Waals surface area contributed by atoms with Gasteiger partial charge in [0.25, 0.3) is 5.22 Å². The molecule has 4 atom stereocenters. The number of thioether (sulfide) groups is 1. The molecule has 1 saturated heterocycles. The number of amides is 2. The van der Waals surface area contributed by atoms with Crippen LogP contribution < -0.4 is 16.0 Å². The zero-order valence-electron chi connectivity index (χ0n) is 29.9. The third-order valence-electron chi connectivity index (χ3n) is 9.00. The van der Waals surface area contributed by atoms with Crippen LogP contribution in [-0.4, -0.2) is 83.5 Å². The summed E-state index contributed by atoms with van der Waals surface area (Å²) in [6.45, 7) is 2.07. The van der Waals surface area contributed by atoms with Gasteiger partial charge in [-0.1, -0.05) is 90.6 Å². The van der Waals surface area contributed by atoms with E-state index in [9.17, 15) is 14.4 Å². The standard InChI is InChI=1S/C40H42N6O7S/c1-26(47)51-24-33-34(25-54-40-46-45-38(53-40)30-19-21-41-22-20-30)52-31(23-42-33)18-17-27-11-9-10-16-32(27)43-37(48)36(44-39(49)50-2)35(28-12-5-3-6-13-28)29-14-7-4-8-15-29/h3-16,19-22,31,33-36,42H,17-18,23-25H2,1-2H3,(H,43,48)(H,44,49). The molecule has 13 nitrogen and oxygen atoms in total. The zero-order valence-corrected chi connectivity index (χ0v) is 30.7. The van der Waals surface area contributed by atoms with E-state index in [2.05, 4.69) is 31.1 Å². The second kappa shape index (κ2) is 19.0. The van der Waals surface area contributed by atoms with Crippen molar-refractivity contribution in [3.8, 4) is 11.5 Å². The summed E-state index contributed by atoms with van der Waals surface area (Å²) in [4.78, 5) is 42.5. The molecule has 14 heteroatoms. The van der Waals surface area contributed by atoms with Gasteiger partial charge in [0.05, 0.1) is 25.4 Å². The summed E-state index contributed by atoms with van der Waals surface area (Å²) in [5.41, 5.74) is 4.03. The van der Waals surface area contributed by atoms with Crippen LogP contribution in [0.25, 0.3) is 11.5 Å². The number of aryl methyl sites for hydroxylation is 1. The molecule has 1 aliphatic rings. The highest BCUT2D eigenvalue weighted by molar-refractivity contribution is 7.99. The lowest BCUT2D eigenvalue weighted by Gasteiger charge is -2.37. The molecule has 54 heavy (non-hydrogen) atoms. The lowest BCUT2D eigenvalue weighted by Crippen LogP contribution is -2.55. The van der Waals surface area contributed by atoms with Gasteiger partial charge >= 0.3 is 12.1 Å². The predicted octanol–water partition coefficient (Wildman–Crippen LogP) is 5.64. The molecule has 0 saturated carbocycles. The molecule has 6 rings (SSSR count). The summed E-state index contributed by atoms with van der Waals surface area (Å²) < 4.78 is 22.7. The number of rotatable bonds is 15. The summed E-state index contributed by atoms with van der Waals surface area (Å²) in [6, 6.07) is 29.1. The van der Waals surface area contributed by atoms with E-state index in [1.54, 1.807) is 24.5 Å². The van der Waals surface area contributed by atoms with Crippen LogP contribution in [-0.2, 0) is 30.2 Å². The quantitative estimate of drug-likeness (QED) is 0.0892. The van der Waals surface area contributed by atoms with Crippen LogP contribution in [0.1, 0.15) is 36.0 Å². The second-order valence-electron chi connectivity index (χ2n) is 12.6. The molecule has 2 aromatic heterocycles. The van der Waals surface area contributed by atoms with Crippen molar-refractivity contribution < 1.29 is 33.0 Å². The number of benzene rings is 3. The SMILES string of the molecule is COC(=O)NC(C(=O)Nc1ccccc1CCC1CNC(COC(C)=O)C(CSc2nnc(-c3ccncc3)o2)O1)C(c1ccccc1)c1ccccc1. The second-order valence-corrected chi connectivity index (χ2v) is 13.6. The predicted molar refractivity (Wildman–Crippen MR) is 203 cm³/mol. The first-order valence-corrected chi connectivity index (χ1v) is 18.6. The van der Waals surface area contributed by atoms with Gasteiger partial charge in [-0.05, 0) is 47.7 Å². The first-order valence-electron chi connectivity index (χ1n) is 17.6. The highest BCUT2D eigenvalue weighted by Gasteiger charge is 2.34. The molecule has 4 unspecified atom stereocenters. The number of esters is 1. The average molecular weight is 751 g/mol. The van der Waals surface area contributed by atoms with Crippen LogP contribution in [0.2, 0.25) is 0 Å². The van der Waals surface area contributed by atoms with Gasteiger partial charge in [0.15, 0.2) is 0 Å². The minimum absolute atomic E-state index is 0.155. The first-order chi connectivity index (χ1) is 26.4. The number of methoxy groups -OCH3 is 1. The van der Waals surface area contributed by atoms with Crippen LogP contribution >= 0.6 is 11.8 Å². The Labute approximate surface area is 317 Å². The van der Waals surface area contributed by atoms with Crippen molar-refractivity contribution in [3.63, 3.8) is 0 Å². The smallest absolute Gasteiger partial charge is 0.407 e. The van der Waals surface area contributed by atoms with Crippen LogP contribution in [0.15, 0.2) is 119 Å². The summed E-state index contributed by atoms with van der Waals surface area (Å²) in [5.74, 6) is -0.390. The molecule has 3 N–H and O–H groups in total. The largest absolute Gasteiger partial charge is 0.464 e. The molecule has 1 aliphatic heterocycles. The number of alkyl carbamates (subject to hydrolysis) is 1. The van der Waals surface area contributed by atoms with E-state index < -0.39 is 18.1 Å². The lowest BCUT2D eigenvalue weighted by atomic mass is 9.84. The van der Waals surface area contributed by atoms with Crippen LogP contribution in [0.3, 0.4) is 0 Å². The van der Waals surface area contributed by atoms with E-state index >= 15 is 0 Å². The maximum absolute atomic E-state index is 14.2. The molecule has 0 aliphatic carbocycles. The molecule has 1 fully saturated rings. The van der Waals surface area contributed by atoms with E-state index in [0.29, 0.717) is 41.9 Å². The Kier molecular flexibility index (Phi) is 13.4. The summed E-state index contributed by atoms with van der Waals surface area (Å²) >= 11 is 1.37. The van der Waals surface area contributed by atoms with Crippen molar-refractivity contribution in [2.45, 2.75) is 55.2 Å². The highest BCUT2D eigenvalue weighted by atomic mass is 32.2. The average Bonchev–Trinajstić information content (AvgIpc) is 3.69. The van der Waals surface area contributed by atoms with E-state index in [1.165, 1.54) is 25.8 Å². The molecule has 0 spiro atoms. The minimum atomic E-state index is -0.992. The van der Waals surface area contributed by atoms with Gasteiger partial charge in [0.1, 0.15) is 12.6 Å². The summed E-state index contributed by atoms with van der Waals surface area (Å²) in [6.07, 6.45) is 3.31. The number of pyridine rings is 1. The number of carbonyl (C=O) groups is 3. The number of aromatic nitrogens is 3. The fourth-order valence-electron chi connectivity index (χ4n) is 6.31. The maximum atomic E-state index is 14.2. The Balaban J connectivity index is 1.14. The third kappa shape index (κ3) is 10.3. The number of ether oxygens (including phenoxy) is 3. The topological polar surface area (TPSA) is 167 Å². The number of nitrogens with one attached hydrogen (secondary N) is 3. The Bertz CT molecular complexity index is 1930. The minimum Gasteiger partial charge on any atom is -0.464 e. The highest BCUT2D eigenvalue weighted by Crippen LogP contribution is 2.31. The van der Waals surface area contributed by atoms with Crippen molar-refractivity contribution in [3.05, 3.63) is 126 Å². The van der Waals surface area contributed by atoms with Crippen LogP contribution in [0.5, 0.6) is 0 Å². The Morgan fingerprint density at radius 1 is 0.926 bits per heavy atom. The molecule has 0 radical (unpaired) electrons. The number of carbonyl (C=O) groups excluding carboxylic acids is 3. The van der Waals surface area contributed by atoms with Crippen molar-refractivity contribution >= 4 is 35.4 Å². The summed E-state index contributed by atoms with van der Waals surface area (Å²) in [7, 11) is 1.27. The number of morpholine rings is 1. The van der Waals surface area contributed by atoms with Gasteiger partial charge in [0, 0.05) is 48.8 Å². The number of hydrogen-bond acceptors (Lipinski definition) is 12. The Hall–Kier alpha value is -5.57. The lowest BCUT2D eigenvalue weighted by molar-refractivity contribution is -0.144. The Morgan fingerprint density at radius 2 is 1.61 bits per heavy atom. The van der Waals surface area contributed by atoms with Gasteiger partial charge in [-0.3, -0.25) is 14.6 Å². The molecule has 5 aromatic rings. The maximum Gasteiger partial charge on any atom is 0.407 e. The van der Waals surface area contributed by atoms with Crippen molar-refractivity contribution in [1.82, 2.24) is 25.8 Å². The number of para-hydroxylation sites is 1. The summed E-state index contributed by atoms with van der Waals surface area (Å²) in [5, 5.41) is 18.1. The zero-order chi connectivity index (χ0) is 37.7. The van der Waals surface area contributed by atoms with Gasteiger partial charge in [0.2, 0.25) is 11.8 Å². The van der Waals surface area contributed by atoms with E-state index in [1.807, 2.05) is 84.9 Å². The fraction of sp³-hybridized carbons (Fsp3) is 0.300. The number of anilines is 1. The third-order valence-corrected chi connectivity index (χ3v) is 9.90. The monoisotopic (exact) mass is 750 g/mol. The molecule has 3 heterocycles. The van der Waals surface area contributed by atoms with Crippen molar-refractivity contribution in [1.29, 1.82) is 0 Å². The Morgan fingerprint density at radius 3 is 2.30 bits per heavy atom. The van der Waals surface area contributed by atoms with Gasteiger partial charge in [-0.2, -0.15) is 0 Å². The normalized spacial score (nSPS) is 17.4. The van der Waals surface area contributed by atoms with Crippen LogP contribution in [0.4, 0.5) is 10.5 Å². The van der Waals surface area contributed by atoms with Crippen LogP contribution in [0, 0.1) is 0 Å². The van der Waals surface area contributed by atoms with Crippen molar-refractivity contribution in [2.24, 2.45) is 0 Å². The molecule has 3 aromatic carbocycles. The van der Waals surface area contributed by atoms with Gasteiger partial charge < -0.3 is 34.6 Å². The molecular formula is C40H42N6O7S.